The zero-order valence-electron chi connectivity index (χ0n) is 21.6. The topological polar surface area (TPSA) is 158 Å². The molecular weight excluding hydrogens is 578 g/mol. The van der Waals surface area contributed by atoms with Gasteiger partial charge < -0.3 is 30.4 Å². The maximum Gasteiger partial charge on any atom is 0.490 e. The molecule has 3 heterocycles. The number of alkyl halides is 6. The lowest BCUT2D eigenvalue weighted by Gasteiger charge is -2.35. The van der Waals surface area contributed by atoms with E-state index >= 15 is 0 Å². The summed E-state index contributed by atoms with van der Waals surface area (Å²) in [6.45, 7) is 2.45. The summed E-state index contributed by atoms with van der Waals surface area (Å²) >= 11 is 0. The highest BCUT2D eigenvalue weighted by atomic mass is 19.4. The number of aryl methyl sites for hydroxylation is 1. The molecule has 1 atom stereocenters. The Labute approximate surface area is 233 Å². The zero-order valence-corrected chi connectivity index (χ0v) is 21.6. The number of anilines is 2. The molecule has 4 N–H and O–H groups in total. The Bertz CT molecular complexity index is 1500. The Morgan fingerprint density at radius 2 is 1.69 bits per heavy atom. The molecule has 0 radical (unpaired) electrons. The Morgan fingerprint density at radius 1 is 1.02 bits per heavy atom. The van der Waals surface area contributed by atoms with Gasteiger partial charge in [0.1, 0.15) is 0 Å². The number of carbonyl (C=O) groups excluding carboxylic acids is 3. The number of halogens is 6. The fraction of sp³-hybridized carbons (Fsp3) is 0.320. The molecule has 1 saturated heterocycles. The number of rotatable bonds is 6. The van der Waals surface area contributed by atoms with Gasteiger partial charge >= 0.3 is 23.9 Å². The molecule has 4 rings (SSSR count). The van der Waals surface area contributed by atoms with Crippen LogP contribution in [-0.4, -0.2) is 71.2 Å². The van der Waals surface area contributed by atoms with E-state index in [1.165, 1.54) is 19.3 Å². The van der Waals surface area contributed by atoms with Gasteiger partial charge in [0.05, 0.1) is 18.2 Å². The Kier molecular flexibility index (Phi) is 7.80. The number of ether oxygens (including phenoxy) is 1. The zero-order chi connectivity index (χ0) is 31.0. The molecule has 1 aromatic carbocycles. The maximum absolute atomic E-state index is 14.2. The van der Waals surface area contributed by atoms with Gasteiger partial charge in [-0.25, -0.2) is 14.8 Å². The molecule has 11 nitrogen and oxygen atoms in total. The van der Waals surface area contributed by atoms with Crippen LogP contribution in [0, 0.1) is 6.92 Å². The van der Waals surface area contributed by atoms with Crippen LogP contribution in [0.4, 0.5) is 38.0 Å². The number of furan rings is 1. The Balaban J connectivity index is 1.70. The van der Waals surface area contributed by atoms with Crippen molar-refractivity contribution in [2.24, 2.45) is 5.73 Å². The van der Waals surface area contributed by atoms with E-state index in [2.05, 4.69) is 14.7 Å². The third kappa shape index (κ3) is 5.53. The predicted octanol–water partition coefficient (Wildman–Crippen LogP) is 2.94. The molecule has 0 aliphatic carbocycles. The fourth-order valence-electron chi connectivity index (χ4n) is 4.36. The molecule has 1 aliphatic heterocycles. The number of hydrogen-bond donors (Lipinski definition) is 2. The molecular formula is C25H22F6N6O5. The highest BCUT2D eigenvalue weighted by Crippen LogP contribution is 2.45. The SMILES string of the molecule is Cc1ccc(C(OC(=O)C(F)(F)F)(C(N)=O)C(F)(F)F)cc1-c1cnc(N)c(N2CCN(C(=O)c3ccco3)CC2)n1. The lowest BCUT2D eigenvalue weighted by Crippen LogP contribution is -2.57. The summed E-state index contributed by atoms with van der Waals surface area (Å²) in [5, 5.41) is 0. The summed E-state index contributed by atoms with van der Waals surface area (Å²) in [4.78, 5) is 47.8. The van der Waals surface area contributed by atoms with Crippen molar-refractivity contribution in [1.29, 1.82) is 0 Å². The first-order valence-electron chi connectivity index (χ1n) is 12.0. The van der Waals surface area contributed by atoms with Crippen LogP contribution in [-0.2, 0) is 19.9 Å². The van der Waals surface area contributed by atoms with Crippen molar-refractivity contribution < 1.29 is 49.9 Å². The average Bonchev–Trinajstić information content (AvgIpc) is 3.46. The maximum atomic E-state index is 14.2. The largest absolute Gasteiger partial charge is 0.490 e. The molecule has 0 spiro atoms. The number of carbonyl (C=O) groups is 3. The Morgan fingerprint density at radius 3 is 2.24 bits per heavy atom. The number of nitrogen functional groups attached to an aromatic ring is 1. The second-order valence-corrected chi connectivity index (χ2v) is 9.18. The molecule has 0 bridgehead atoms. The second-order valence-electron chi connectivity index (χ2n) is 9.18. The number of esters is 1. The number of aromatic nitrogens is 2. The van der Waals surface area contributed by atoms with Gasteiger partial charge in [0, 0.05) is 37.3 Å². The van der Waals surface area contributed by atoms with Gasteiger partial charge in [-0.15, -0.1) is 0 Å². The van der Waals surface area contributed by atoms with Gasteiger partial charge in [0.25, 0.3) is 11.8 Å². The number of benzene rings is 1. The van der Waals surface area contributed by atoms with E-state index in [-0.39, 0.29) is 66.3 Å². The van der Waals surface area contributed by atoms with Gasteiger partial charge in [-0.3, -0.25) is 9.59 Å². The van der Waals surface area contributed by atoms with Crippen LogP contribution in [0.5, 0.6) is 0 Å². The first kappa shape index (κ1) is 30.1. The van der Waals surface area contributed by atoms with Crippen LogP contribution < -0.4 is 16.4 Å². The summed E-state index contributed by atoms with van der Waals surface area (Å²) < 4.78 is 90.2. The van der Waals surface area contributed by atoms with E-state index in [1.807, 2.05) is 0 Å². The average molecular weight is 600 g/mol. The summed E-state index contributed by atoms with van der Waals surface area (Å²) in [5.41, 5.74) is 5.41. The summed E-state index contributed by atoms with van der Waals surface area (Å²) in [6.07, 6.45) is -9.26. The quantitative estimate of drug-likeness (QED) is 0.321. The van der Waals surface area contributed by atoms with Gasteiger partial charge in [-0.1, -0.05) is 12.1 Å². The molecule has 1 unspecified atom stereocenters. The molecule has 17 heteroatoms. The van der Waals surface area contributed by atoms with Gasteiger partial charge in [0.2, 0.25) is 0 Å². The molecule has 224 valence electrons. The van der Waals surface area contributed by atoms with E-state index in [1.54, 1.807) is 15.9 Å². The highest BCUT2D eigenvalue weighted by Gasteiger charge is 2.66. The molecule has 1 fully saturated rings. The van der Waals surface area contributed by atoms with Gasteiger partial charge in [0.15, 0.2) is 17.4 Å². The number of nitrogens with zero attached hydrogens (tertiary/aromatic N) is 4. The third-order valence-electron chi connectivity index (χ3n) is 6.52. The van der Waals surface area contributed by atoms with E-state index in [0.717, 1.165) is 12.3 Å². The van der Waals surface area contributed by atoms with E-state index in [0.29, 0.717) is 12.1 Å². The Hall–Kier alpha value is -4.83. The first-order chi connectivity index (χ1) is 19.6. The third-order valence-corrected chi connectivity index (χ3v) is 6.52. The molecule has 0 saturated carbocycles. The van der Waals surface area contributed by atoms with Crippen molar-refractivity contribution >= 4 is 29.4 Å². The smallest absolute Gasteiger partial charge is 0.459 e. The van der Waals surface area contributed by atoms with Crippen LogP contribution in [0.3, 0.4) is 0 Å². The van der Waals surface area contributed by atoms with Gasteiger partial charge in [-0.2, -0.15) is 26.3 Å². The van der Waals surface area contributed by atoms with Crippen molar-refractivity contribution in [2.45, 2.75) is 24.9 Å². The molecule has 3 aromatic rings. The van der Waals surface area contributed by atoms with Crippen molar-refractivity contribution in [2.75, 3.05) is 36.8 Å². The minimum absolute atomic E-state index is 0.0424. The van der Waals surface area contributed by atoms with E-state index < -0.39 is 35.4 Å². The van der Waals surface area contributed by atoms with Crippen molar-refractivity contribution in [3.8, 4) is 11.3 Å². The minimum Gasteiger partial charge on any atom is -0.459 e. The molecule has 1 aliphatic rings. The van der Waals surface area contributed by atoms with Crippen LogP contribution in [0.1, 0.15) is 21.7 Å². The number of amides is 2. The summed E-state index contributed by atoms with van der Waals surface area (Å²) in [6, 6.07) is 5.52. The molecule has 2 amide bonds. The van der Waals surface area contributed by atoms with Gasteiger partial charge in [-0.05, 0) is 30.7 Å². The summed E-state index contributed by atoms with van der Waals surface area (Å²) in [5.74, 6) is -5.74. The normalized spacial score (nSPS) is 15.7. The summed E-state index contributed by atoms with van der Waals surface area (Å²) in [7, 11) is 0. The highest BCUT2D eigenvalue weighted by molar-refractivity contribution is 5.92. The monoisotopic (exact) mass is 600 g/mol. The standard InChI is InChI=1S/C25H22F6N6O5/c1-13-4-5-14(23(21(33)39,25(29,30)31)42-22(40)24(26,27)28)11-15(13)16-12-34-18(32)19(35-16)36-6-8-37(9-7-36)20(38)17-3-2-10-41-17/h2-5,10-12H,6-9H2,1H3,(H2,32,34)(H2,33,39). The van der Waals surface area contributed by atoms with Crippen molar-refractivity contribution in [3.63, 3.8) is 0 Å². The number of hydrogen-bond acceptors (Lipinski definition) is 9. The fourth-order valence-corrected chi connectivity index (χ4v) is 4.36. The van der Waals surface area contributed by atoms with E-state index in [4.69, 9.17) is 15.9 Å². The molecule has 42 heavy (non-hydrogen) atoms. The molecule has 2 aromatic heterocycles. The van der Waals surface area contributed by atoms with Crippen molar-refractivity contribution in [3.05, 3.63) is 59.7 Å². The predicted molar refractivity (Wildman–Crippen MR) is 133 cm³/mol. The van der Waals surface area contributed by atoms with Crippen LogP contribution in [0.15, 0.2) is 47.2 Å². The van der Waals surface area contributed by atoms with Crippen molar-refractivity contribution in [1.82, 2.24) is 14.9 Å². The number of piperazine rings is 1. The minimum atomic E-state index is -5.88. The number of primary amides is 1. The van der Waals surface area contributed by atoms with E-state index in [9.17, 15) is 40.7 Å². The second kappa shape index (κ2) is 10.9. The lowest BCUT2D eigenvalue weighted by atomic mass is 9.88. The van der Waals surface area contributed by atoms with Crippen LogP contribution in [0.2, 0.25) is 0 Å². The van der Waals surface area contributed by atoms with Crippen LogP contribution in [0.25, 0.3) is 11.3 Å². The van der Waals surface area contributed by atoms with Crippen LogP contribution >= 0.6 is 0 Å². The number of nitrogens with two attached hydrogens (primary N) is 2. The first-order valence-corrected chi connectivity index (χ1v) is 12.0. The lowest BCUT2D eigenvalue weighted by molar-refractivity contribution is -0.280.